The Labute approximate surface area is 187 Å². The van der Waals surface area contributed by atoms with E-state index in [0.717, 1.165) is 31.4 Å². The van der Waals surface area contributed by atoms with Crippen LogP contribution >= 0.6 is 12.4 Å². The van der Waals surface area contributed by atoms with Crippen molar-refractivity contribution in [2.24, 2.45) is 5.73 Å². The molecule has 0 unspecified atom stereocenters. The van der Waals surface area contributed by atoms with Crippen LogP contribution in [0, 0.1) is 5.82 Å². The number of nitrogens with zero attached hydrogens (tertiary/aromatic N) is 2. The van der Waals surface area contributed by atoms with Gasteiger partial charge < -0.3 is 20.3 Å². The zero-order chi connectivity index (χ0) is 21.3. The molecule has 2 N–H and O–H groups in total. The number of carbonyl (C=O) groups is 2. The zero-order valence-corrected chi connectivity index (χ0v) is 18.2. The van der Waals surface area contributed by atoms with Crippen LogP contribution in [0.4, 0.5) is 4.39 Å². The summed E-state index contributed by atoms with van der Waals surface area (Å²) < 4.78 is 20.4. The number of halogens is 2. The molecule has 2 heterocycles. The van der Waals surface area contributed by atoms with Gasteiger partial charge in [0.05, 0.1) is 5.56 Å². The van der Waals surface area contributed by atoms with Crippen LogP contribution in [0.3, 0.4) is 0 Å². The second-order valence-corrected chi connectivity index (χ2v) is 7.89. The molecule has 2 aliphatic heterocycles. The summed E-state index contributed by atoms with van der Waals surface area (Å²) in [6, 6.07) is 11.0. The Morgan fingerprint density at radius 3 is 2.61 bits per heavy atom. The molecule has 4 rings (SSSR count). The van der Waals surface area contributed by atoms with Gasteiger partial charge in [0.1, 0.15) is 23.4 Å². The number of ether oxygens (including phenoxy) is 1. The van der Waals surface area contributed by atoms with Gasteiger partial charge in [-0.25, -0.2) is 4.39 Å². The van der Waals surface area contributed by atoms with Crippen LogP contribution in [0.2, 0.25) is 0 Å². The van der Waals surface area contributed by atoms with Gasteiger partial charge in [0.15, 0.2) is 0 Å². The Bertz CT molecular complexity index is 954. The van der Waals surface area contributed by atoms with Crippen molar-refractivity contribution in [3.05, 3.63) is 59.4 Å². The Morgan fingerprint density at radius 1 is 1.19 bits per heavy atom. The fourth-order valence-corrected chi connectivity index (χ4v) is 4.25. The Morgan fingerprint density at radius 2 is 1.90 bits per heavy atom. The molecule has 6 nitrogen and oxygen atoms in total. The fraction of sp³-hybridized carbons (Fsp3) is 0.391. The molecule has 0 bridgehead atoms. The monoisotopic (exact) mass is 447 g/mol. The predicted molar refractivity (Wildman–Crippen MR) is 118 cm³/mol. The number of rotatable bonds is 5. The first-order chi connectivity index (χ1) is 14.5. The van der Waals surface area contributed by atoms with E-state index in [-0.39, 0.29) is 29.9 Å². The van der Waals surface area contributed by atoms with Crippen LogP contribution in [0.5, 0.6) is 11.5 Å². The highest BCUT2D eigenvalue weighted by molar-refractivity contribution is 5.98. The van der Waals surface area contributed by atoms with Crippen molar-refractivity contribution in [3.63, 3.8) is 0 Å². The molecular formula is C23H27ClFN3O3. The van der Waals surface area contributed by atoms with E-state index in [9.17, 15) is 14.0 Å². The highest BCUT2D eigenvalue weighted by Crippen LogP contribution is 2.29. The lowest BCUT2D eigenvalue weighted by Crippen LogP contribution is -2.60. The topological polar surface area (TPSA) is 75.9 Å². The molecule has 2 aliphatic rings. The SMILES string of the molecule is C[C@@H]1C(=O)N2CCC[C@@H]2CN1C(=O)c1cc(Oc2ccc(CCN)cc2)ccc1F.Cl. The molecule has 0 aliphatic carbocycles. The third-order valence-corrected chi connectivity index (χ3v) is 5.91. The standard InChI is InChI=1S/C23H26FN3O3.ClH/c1-15-22(28)26-12-2-3-17(26)14-27(15)23(29)20-13-19(8-9-21(20)24)30-18-6-4-16(5-7-18)10-11-25;/h4-9,13,15,17H,2-3,10-12,14,25H2,1H3;1H/t15-,17-;/m1./s1. The lowest BCUT2D eigenvalue weighted by molar-refractivity contribution is -0.141. The largest absolute Gasteiger partial charge is 0.457 e. The quantitative estimate of drug-likeness (QED) is 0.762. The van der Waals surface area contributed by atoms with Crippen LogP contribution in [0.1, 0.15) is 35.7 Å². The summed E-state index contributed by atoms with van der Waals surface area (Å²) in [5.74, 6) is -0.223. The van der Waals surface area contributed by atoms with Gasteiger partial charge in [-0.15, -0.1) is 12.4 Å². The molecule has 166 valence electrons. The van der Waals surface area contributed by atoms with E-state index >= 15 is 0 Å². The first kappa shape index (κ1) is 23.0. The molecule has 0 aromatic heterocycles. The van der Waals surface area contributed by atoms with E-state index in [4.69, 9.17) is 10.5 Å². The van der Waals surface area contributed by atoms with Crippen LogP contribution < -0.4 is 10.5 Å². The molecule has 0 radical (unpaired) electrons. The van der Waals surface area contributed by atoms with Gasteiger partial charge in [0, 0.05) is 19.1 Å². The molecule has 2 fully saturated rings. The van der Waals surface area contributed by atoms with E-state index < -0.39 is 17.8 Å². The number of fused-ring (bicyclic) bond motifs is 1. The smallest absolute Gasteiger partial charge is 0.257 e. The lowest BCUT2D eigenvalue weighted by atomic mass is 10.0. The number of benzene rings is 2. The summed E-state index contributed by atoms with van der Waals surface area (Å²) in [6.45, 7) is 3.44. The van der Waals surface area contributed by atoms with Crippen molar-refractivity contribution < 1.29 is 18.7 Å². The first-order valence-electron chi connectivity index (χ1n) is 10.4. The number of hydrogen-bond donors (Lipinski definition) is 1. The minimum atomic E-state index is -0.626. The molecule has 0 spiro atoms. The number of nitrogens with two attached hydrogens (primary N) is 1. The third-order valence-electron chi connectivity index (χ3n) is 5.91. The molecule has 2 aromatic carbocycles. The van der Waals surface area contributed by atoms with Gasteiger partial charge in [-0.1, -0.05) is 12.1 Å². The van der Waals surface area contributed by atoms with Gasteiger partial charge in [-0.05, 0) is 68.6 Å². The predicted octanol–water partition coefficient (Wildman–Crippen LogP) is 3.38. The summed E-state index contributed by atoms with van der Waals surface area (Å²) in [6.07, 6.45) is 2.58. The Kier molecular flexibility index (Phi) is 7.18. The minimum Gasteiger partial charge on any atom is -0.457 e. The van der Waals surface area contributed by atoms with Crippen molar-refractivity contribution >= 4 is 24.2 Å². The van der Waals surface area contributed by atoms with Crippen LogP contribution in [0.25, 0.3) is 0 Å². The molecular weight excluding hydrogens is 421 g/mol. The number of carbonyl (C=O) groups excluding carboxylic acids is 2. The molecule has 2 amide bonds. The molecule has 8 heteroatoms. The second-order valence-electron chi connectivity index (χ2n) is 7.89. The summed E-state index contributed by atoms with van der Waals surface area (Å²) in [4.78, 5) is 29.1. The second kappa shape index (κ2) is 9.66. The van der Waals surface area contributed by atoms with Crippen LogP contribution in [0.15, 0.2) is 42.5 Å². The van der Waals surface area contributed by atoms with Gasteiger partial charge in [0.2, 0.25) is 5.91 Å². The zero-order valence-electron chi connectivity index (χ0n) is 17.4. The highest BCUT2D eigenvalue weighted by atomic mass is 35.5. The van der Waals surface area contributed by atoms with Crippen molar-refractivity contribution in [1.82, 2.24) is 9.80 Å². The van der Waals surface area contributed by atoms with E-state index in [2.05, 4.69) is 0 Å². The average Bonchev–Trinajstić information content (AvgIpc) is 3.22. The summed E-state index contributed by atoms with van der Waals surface area (Å²) in [5.41, 5.74) is 6.58. The molecule has 2 atom stereocenters. The maximum absolute atomic E-state index is 14.5. The fourth-order valence-electron chi connectivity index (χ4n) is 4.25. The van der Waals surface area contributed by atoms with Crippen molar-refractivity contribution in [3.8, 4) is 11.5 Å². The summed E-state index contributed by atoms with van der Waals surface area (Å²) in [5, 5.41) is 0. The van der Waals surface area contributed by atoms with E-state index in [1.807, 2.05) is 29.2 Å². The van der Waals surface area contributed by atoms with Gasteiger partial charge in [-0.2, -0.15) is 0 Å². The lowest BCUT2D eigenvalue weighted by Gasteiger charge is -2.41. The number of piperazine rings is 1. The van der Waals surface area contributed by atoms with Crippen LogP contribution in [-0.2, 0) is 11.2 Å². The highest BCUT2D eigenvalue weighted by Gasteiger charge is 2.42. The maximum atomic E-state index is 14.5. The summed E-state index contributed by atoms with van der Waals surface area (Å²) in [7, 11) is 0. The number of hydrogen-bond acceptors (Lipinski definition) is 4. The van der Waals surface area contributed by atoms with Gasteiger partial charge in [-0.3, -0.25) is 9.59 Å². The van der Waals surface area contributed by atoms with Crippen molar-refractivity contribution in [2.75, 3.05) is 19.6 Å². The minimum absolute atomic E-state index is 0. The van der Waals surface area contributed by atoms with Crippen LogP contribution in [-0.4, -0.2) is 53.3 Å². The maximum Gasteiger partial charge on any atom is 0.257 e. The Hall–Kier alpha value is -2.64. The van der Waals surface area contributed by atoms with Gasteiger partial charge >= 0.3 is 0 Å². The molecule has 0 saturated carbocycles. The van der Waals surface area contributed by atoms with E-state index in [1.165, 1.54) is 23.1 Å². The normalized spacial score (nSPS) is 20.3. The number of amides is 2. The van der Waals surface area contributed by atoms with E-state index in [1.54, 1.807) is 6.92 Å². The van der Waals surface area contributed by atoms with Gasteiger partial charge in [0.25, 0.3) is 5.91 Å². The van der Waals surface area contributed by atoms with E-state index in [0.29, 0.717) is 24.6 Å². The molecule has 2 saturated heterocycles. The third kappa shape index (κ3) is 4.67. The molecule has 31 heavy (non-hydrogen) atoms. The first-order valence-corrected chi connectivity index (χ1v) is 10.4. The van der Waals surface area contributed by atoms with Crippen molar-refractivity contribution in [2.45, 2.75) is 38.3 Å². The molecule has 2 aromatic rings. The average molecular weight is 448 g/mol. The Balaban J connectivity index is 0.00000272. The van der Waals surface area contributed by atoms with Crippen molar-refractivity contribution in [1.29, 1.82) is 0 Å². The summed E-state index contributed by atoms with van der Waals surface area (Å²) >= 11 is 0.